The van der Waals surface area contributed by atoms with E-state index in [9.17, 15) is 0 Å². The molecule has 0 saturated heterocycles. The van der Waals surface area contributed by atoms with E-state index in [4.69, 9.17) is 37.5 Å². The molecule has 0 unspecified atom stereocenters. The first-order valence-electron chi connectivity index (χ1n) is 14.2. The van der Waals surface area contributed by atoms with Crippen molar-refractivity contribution in [3.05, 3.63) is 99.0 Å². The molecule has 0 N–H and O–H groups in total. The van der Waals surface area contributed by atoms with Gasteiger partial charge in [0.05, 0.1) is 0 Å². The van der Waals surface area contributed by atoms with Crippen molar-refractivity contribution in [2.75, 3.05) is 7.11 Å². The first kappa shape index (κ1) is 44.0. The van der Waals surface area contributed by atoms with E-state index in [0.717, 1.165) is 40.9 Å². The Bertz CT molecular complexity index is 1200. The van der Waals surface area contributed by atoms with Gasteiger partial charge in [-0.15, -0.1) is 0 Å². The van der Waals surface area contributed by atoms with E-state index in [1.54, 1.807) is 7.11 Å². The summed E-state index contributed by atoms with van der Waals surface area (Å²) in [5.41, 5.74) is 2.52. The van der Waals surface area contributed by atoms with E-state index < -0.39 is 0 Å². The van der Waals surface area contributed by atoms with E-state index >= 15 is 0 Å². The summed E-state index contributed by atoms with van der Waals surface area (Å²) in [6.07, 6.45) is 12.9. The Kier molecular flexibility index (Phi) is 25.5. The fourth-order valence-electron chi connectivity index (χ4n) is 5.79. The summed E-state index contributed by atoms with van der Waals surface area (Å²) in [4.78, 5) is 0. The first-order valence-corrected chi connectivity index (χ1v) is 14.8. The van der Waals surface area contributed by atoms with E-state index in [1.807, 2.05) is 12.1 Å². The van der Waals surface area contributed by atoms with Gasteiger partial charge in [0.2, 0.25) is 0 Å². The van der Waals surface area contributed by atoms with E-state index in [-0.39, 0.29) is 11.5 Å². The normalized spacial score (nSPS) is 18.5. The summed E-state index contributed by atoms with van der Waals surface area (Å²) in [7, 11) is 1.70. The Morgan fingerprint density at radius 1 is 0.822 bits per heavy atom. The van der Waals surface area contributed by atoms with Gasteiger partial charge in [-0.25, -0.2) is 0 Å². The van der Waals surface area contributed by atoms with Crippen molar-refractivity contribution in [2.24, 2.45) is 11.8 Å². The second-order valence-corrected chi connectivity index (χ2v) is 11.5. The SMILES string of the molecule is COc1ccc(/C=C/[C](=[Cr])O[C@@H]2C[C@H](C)CC[C@H]2C(C)(C)c2ccccc2)cc1OC1CCCC1.[C-]#[O+].[C-]#[O+].[C-]#[O+].[C-]#[O+].[C-]#[O+]. The maximum absolute atomic E-state index is 7.50. The number of rotatable bonds is 9. The molecule has 238 valence electrons. The second-order valence-electron chi connectivity index (χ2n) is 10.9. The number of benzene rings is 2. The number of ether oxygens (including phenoxy) is 3. The Labute approximate surface area is 276 Å². The van der Waals surface area contributed by atoms with Gasteiger partial charge in [-0.3, -0.25) is 0 Å². The average molecular weight is 653 g/mol. The van der Waals surface area contributed by atoms with Crippen LogP contribution in [-0.4, -0.2) is 23.9 Å². The van der Waals surface area contributed by atoms with Gasteiger partial charge in [0, 0.05) is 0 Å². The van der Waals surface area contributed by atoms with Crippen LogP contribution >= 0.6 is 0 Å². The molecular formula is C36H40CrO8. The number of hydrogen-bond acceptors (Lipinski definition) is 3. The average Bonchev–Trinajstić information content (AvgIpc) is 3.62. The van der Waals surface area contributed by atoms with Crippen LogP contribution in [0.15, 0.2) is 54.6 Å². The molecule has 8 nitrogen and oxygen atoms in total. The molecule has 2 aliphatic rings. The number of methoxy groups -OCH3 is 1. The summed E-state index contributed by atoms with van der Waals surface area (Å²) in [5.74, 6) is 2.76. The molecule has 2 saturated carbocycles. The van der Waals surface area contributed by atoms with Crippen molar-refractivity contribution < 1.29 is 53.3 Å². The molecular weight excluding hydrogens is 612 g/mol. The predicted molar refractivity (Wildman–Crippen MR) is 160 cm³/mol. The van der Waals surface area contributed by atoms with Crippen molar-refractivity contribution in [1.82, 2.24) is 0 Å². The zero-order chi connectivity index (χ0) is 34.8. The number of hydrogen-bond donors (Lipinski definition) is 0. The van der Waals surface area contributed by atoms with E-state index in [1.165, 1.54) is 31.2 Å². The van der Waals surface area contributed by atoms with Crippen molar-refractivity contribution in [1.29, 1.82) is 0 Å². The first-order chi connectivity index (χ1) is 21.9. The molecule has 9 heteroatoms. The molecule has 2 aromatic rings. The topological polar surface area (TPSA) is 127 Å². The summed E-state index contributed by atoms with van der Waals surface area (Å²) >= 11 is 3.17. The summed E-state index contributed by atoms with van der Waals surface area (Å²) in [6, 6.07) is 17.0. The molecule has 0 amide bonds. The molecule has 0 spiro atoms. The van der Waals surface area contributed by atoms with Crippen LogP contribution in [0.3, 0.4) is 0 Å². The fraction of sp³-hybridized carbons (Fsp3) is 0.444. The van der Waals surface area contributed by atoms with Gasteiger partial charge in [0.25, 0.3) is 0 Å². The van der Waals surface area contributed by atoms with Crippen LogP contribution in [-0.2, 0) is 49.3 Å². The van der Waals surface area contributed by atoms with Crippen LogP contribution < -0.4 is 9.47 Å². The fourth-order valence-corrected chi connectivity index (χ4v) is 6.09. The molecule has 0 radical (unpaired) electrons. The summed E-state index contributed by atoms with van der Waals surface area (Å²) in [6.45, 7) is 29.6. The standard InChI is InChI=1S/C31H40O3.5CO.Cr/c1-23-16-18-27(31(2,3)25-12-6-5-7-13-25)29(21-23)33-20-10-11-24-17-19-28(32-4)30(22-24)34-26-14-8-9-15-26;5*1-2;/h5-7,10-13,17,19,22-23,26-27,29H,8-9,14-16,18,21H2,1-4H3;;;;;;/b11-10+;;;;;;/t23-,27-,29-;;;;;;/m1....../s1. The molecule has 2 aliphatic carbocycles. The van der Waals surface area contributed by atoms with E-state index in [2.05, 4.69) is 118 Å². The van der Waals surface area contributed by atoms with Gasteiger partial charge in [0.1, 0.15) is 0 Å². The van der Waals surface area contributed by atoms with Crippen LogP contribution in [0.1, 0.15) is 76.8 Å². The van der Waals surface area contributed by atoms with Crippen molar-refractivity contribution in [3.8, 4) is 11.5 Å². The Morgan fingerprint density at radius 2 is 1.40 bits per heavy atom. The molecule has 0 aliphatic heterocycles. The maximum atomic E-state index is 7.50. The monoisotopic (exact) mass is 652 g/mol. The van der Waals surface area contributed by atoms with Gasteiger partial charge < -0.3 is 0 Å². The Balaban J connectivity index is 0. The van der Waals surface area contributed by atoms with Gasteiger partial charge in [-0.2, -0.15) is 0 Å². The molecule has 4 rings (SSSR count). The third-order valence-corrected chi connectivity index (χ3v) is 8.32. The summed E-state index contributed by atoms with van der Waals surface area (Å²) < 4.78 is 56.8. The van der Waals surface area contributed by atoms with Gasteiger partial charge in [-0.05, 0) is 0 Å². The molecule has 0 bridgehead atoms. The predicted octanol–water partition coefficient (Wildman–Crippen LogP) is 7.32. The quantitative estimate of drug-likeness (QED) is 0.208. The van der Waals surface area contributed by atoms with Crippen LogP contribution in [0.5, 0.6) is 11.5 Å². The molecule has 0 aromatic heterocycles. The van der Waals surface area contributed by atoms with Gasteiger partial charge in [-0.1, -0.05) is 0 Å². The zero-order valence-corrected chi connectivity index (χ0v) is 27.5. The second kappa shape index (κ2) is 26.1. The van der Waals surface area contributed by atoms with Gasteiger partial charge in [0.15, 0.2) is 0 Å². The minimum atomic E-state index is 0.0541. The van der Waals surface area contributed by atoms with Crippen molar-refractivity contribution in [3.63, 3.8) is 0 Å². The van der Waals surface area contributed by atoms with Crippen LogP contribution in [0, 0.1) is 45.1 Å². The zero-order valence-electron chi connectivity index (χ0n) is 26.2. The minimum absolute atomic E-state index is 0.0541. The third-order valence-electron chi connectivity index (χ3n) is 7.96. The molecule has 0 heterocycles. The molecule has 45 heavy (non-hydrogen) atoms. The van der Waals surface area contributed by atoms with Gasteiger partial charge >= 0.3 is 277 Å². The Morgan fingerprint density at radius 3 is 1.96 bits per heavy atom. The van der Waals surface area contributed by atoms with Crippen LogP contribution in [0.25, 0.3) is 6.08 Å². The van der Waals surface area contributed by atoms with Crippen molar-refractivity contribution in [2.45, 2.75) is 83.3 Å². The third kappa shape index (κ3) is 14.7. The molecule has 3 atom stereocenters. The van der Waals surface area contributed by atoms with Crippen molar-refractivity contribution >= 4 is 10.6 Å². The van der Waals surface area contributed by atoms with Crippen LogP contribution in [0.4, 0.5) is 0 Å². The van der Waals surface area contributed by atoms with Crippen LogP contribution in [0.2, 0.25) is 0 Å². The molecule has 2 fully saturated rings. The Hall–Kier alpha value is -3.16. The molecule has 2 aromatic carbocycles. The summed E-state index contributed by atoms with van der Waals surface area (Å²) in [5, 5.41) is 0. The van der Waals surface area contributed by atoms with E-state index in [0.29, 0.717) is 17.9 Å².